The number of carbonyl (C=O) groups excluding carboxylic acids is 2. The molecule has 0 saturated heterocycles. The fraction of sp³-hybridized carbons (Fsp3) is 0.222. The van der Waals surface area contributed by atoms with Gasteiger partial charge in [-0.25, -0.2) is 0 Å². The summed E-state index contributed by atoms with van der Waals surface area (Å²) in [5.74, 6) is -0.514. The van der Waals surface area contributed by atoms with Crippen LogP contribution in [0.1, 0.15) is 17.3 Å². The Hall–Kier alpha value is -3.62. The summed E-state index contributed by atoms with van der Waals surface area (Å²) >= 11 is 0. The molecule has 0 aliphatic carbocycles. The number of likely N-dealkylation sites (N-methyl/N-ethyl adjacent to an activating group) is 1. The minimum atomic E-state index is -0.761. The number of nitro groups is 1. The van der Waals surface area contributed by atoms with Crippen LogP contribution in [0.5, 0.6) is 5.75 Å². The van der Waals surface area contributed by atoms with E-state index in [1.807, 2.05) is 0 Å². The first-order valence-electron chi connectivity index (χ1n) is 8.12. The van der Waals surface area contributed by atoms with Crippen LogP contribution in [0.4, 0.5) is 17.1 Å². The molecule has 9 nitrogen and oxygen atoms in total. The van der Waals surface area contributed by atoms with E-state index in [2.05, 4.69) is 5.32 Å². The molecule has 9 heteroatoms. The van der Waals surface area contributed by atoms with Crippen molar-refractivity contribution in [3.63, 3.8) is 0 Å². The maximum absolute atomic E-state index is 12.4. The molecule has 3 N–H and O–H groups in total. The molecule has 0 fully saturated rings. The van der Waals surface area contributed by atoms with Crippen LogP contribution in [0.3, 0.4) is 0 Å². The maximum atomic E-state index is 12.4. The number of hydrogen-bond acceptors (Lipinski definition) is 6. The number of rotatable bonds is 8. The van der Waals surface area contributed by atoms with E-state index in [0.29, 0.717) is 18.0 Å². The van der Waals surface area contributed by atoms with Gasteiger partial charge in [-0.15, -0.1) is 0 Å². The van der Waals surface area contributed by atoms with Crippen LogP contribution in [-0.4, -0.2) is 36.9 Å². The van der Waals surface area contributed by atoms with Gasteiger partial charge in [-0.2, -0.15) is 0 Å². The molecule has 0 bridgehead atoms. The minimum Gasteiger partial charge on any atom is -0.497 e. The van der Waals surface area contributed by atoms with Crippen LogP contribution in [0.15, 0.2) is 42.5 Å². The number of nitrogens with one attached hydrogen (secondary N) is 1. The predicted molar refractivity (Wildman–Crippen MR) is 101 cm³/mol. The molecule has 0 aromatic heterocycles. The lowest BCUT2D eigenvalue weighted by Crippen LogP contribution is -2.33. The van der Waals surface area contributed by atoms with E-state index < -0.39 is 10.8 Å². The number of benzene rings is 2. The summed E-state index contributed by atoms with van der Waals surface area (Å²) in [5, 5.41) is 14.1. The molecule has 0 radical (unpaired) electrons. The van der Waals surface area contributed by atoms with Gasteiger partial charge in [0, 0.05) is 29.9 Å². The van der Waals surface area contributed by atoms with E-state index in [1.54, 1.807) is 36.1 Å². The zero-order valence-corrected chi connectivity index (χ0v) is 15.0. The van der Waals surface area contributed by atoms with Crippen LogP contribution in [-0.2, 0) is 4.79 Å². The number of nitro benzene ring substituents is 1. The van der Waals surface area contributed by atoms with Crippen LogP contribution < -0.4 is 20.7 Å². The predicted octanol–water partition coefficient (Wildman–Crippen LogP) is 2.17. The lowest BCUT2D eigenvalue weighted by molar-refractivity contribution is -0.384. The lowest BCUT2D eigenvalue weighted by Gasteiger charge is -2.22. The van der Waals surface area contributed by atoms with Gasteiger partial charge in [-0.05, 0) is 31.2 Å². The van der Waals surface area contributed by atoms with Crippen LogP contribution in [0.2, 0.25) is 0 Å². The van der Waals surface area contributed by atoms with Gasteiger partial charge in [-0.1, -0.05) is 6.07 Å². The maximum Gasteiger partial charge on any atom is 0.293 e. The molecule has 142 valence electrons. The lowest BCUT2D eigenvalue weighted by atomic mass is 10.1. The minimum absolute atomic E-state index is 0.0299. The molecular weight excluding hydrogens is 352 g/mol. The van der Waals surface area contributed by atoms with Gasteiger partial charge in [0.1, 0.15) is 11.4 Å². The zero-order chi connectivity index (χ0) is 20.0. The van der Waals surface area contributed by atoms with Crippen molar-refractivity contribution >= 4 is 28.9 Å². The second-order valence-electron chi connectivity index (χ2n) is 5.62. The Bertz CT molecular complexity index is 869. The van der Waals surface area contributed by atoms with E-state index in [9.17, 15) is 19.7 Å². The third-order valence-corrected chi connectivity index (χ3v) is 3.87. The average Bonchev–Trinajstić information content (AvgIpc) is 2.65. The molecule has 0 aliphatic rings. The van der Waals surface area contributed by atoms with Crippen molar-refractivity contribution in [2.24, 2.45) is 5.73 Å². The van der Waals surface area contributed by atoms with E-state index >= 15 is 0 Å². The number of primary amides is 1. The highest BCUT2D eigenvalue weighted by Gasteiger charge is 2.22. The largest absolute Gasteiger partial charge is 0.497 e. The van der Waals surface area contributed by atoms with E-state index in [-0.39, 0.29) is 29.4 Å². The number of ether oxygens (including phenoxy) is 1. The Balaban J connectivity index is 2.22. The molecule has 0 heterocycles. The first-order valence-corrected chi connectivity index (χ1v) is 8.12. The molecule has 27 heavy (non-hydrogen) atoms. The Kier molecular flexibility index (Phi) is 6.32. The molecule has 0 unspecified atom stereocenters. The third-order valence-electron chi connectivity index (χ3n) is 3.87. The quantitative estimate of drug-likeness (QED) is 0.540. The standard InChI is InChI=1S/C18H20N4O5/c1-3-21(11-17(23)20-13-5-4-6-14(10-13)27-2)15-8-7-12(18(19)24)9-16(15)22(25)26/h4-10H,3,11H2,1-2H3,(H2,19,24)(H,20,23). The number of amides is 2. The smallest absolute Gasteiger partial charge is 0.293 e. The summed E-state index contributed by atoms with van der Waals surface area (Å²) in [7, 11) is 1.52. The summed E-state index contributed by atoms with van der Waals surface area (Å²) in [5.41, 5.74) is 5.70. The molecule has 2 aromatic rings. The Labute approximate surface area is 155 Å². The Morgan fingerprint density at radius 3 is 2.59 bits per heavy atom. The normalized spacial score (nSPS) is 10.1. The van der Waals surface area contributed by atoms with Gasteiger partial charge in [0.2, 0.25) is 11.8 Å². The highest BCUT2D eigenvalue weighted by Crippen LogP contribution is 2.29. The third kappa shape index (κ3) is 4.94. The number of methoxy groups -OCH3 is 1. The van der Waals surface area contributed by atoms with Crippen LogP contribution in [0, 0.1) is 10.1 Å². The summed E-state index contributed by atoms with van der Waals surface area (Å²) in [6.45, 7) is 2.01. The van der Waals surface area contributed by atoms with Crippen molar-refractivity contribution in [1.29, 1.82) is 0 Å². The van der Waals surface area contributed by atoms with E-state index in [4.69, 9.17) is 10.5 Å². The summed E-state index contributed by atoms with van der Waals surface area (Å²) in [4.78, 5) is 36.0. The van der Waals surface area contributed by atoms with Gasteiger partial charge in [0.05, 0.1) is 18.6 Å². The van der Waals surface area contributed by atoms with E-state index in [0.717, 1.165) is 6.07 Å². The molecule has 2 aromatic carbocycles. The molecule has 0 saturated carbocycles. The molecule has 0 spiro atoms. The van der Waals surface area contributed by atoms with Crippen molar-refractivity contribution in [2.45, 2.75) is 6.92 Å². The summed E-state index contributed by atoms with van der Waals surface area (Å²) in [6.07, 6.45) is 0. The van der Waals surface area contributed by atoms with Gasteiger partial charge in [0.25, 0.3) is 5.69 Å². The van der Waals surface area contributed by atoms with Gasteiger partial charge in [-0.3, -0.25) is 19.7 Å². The molecule has 0 atom stereocenters. The van der Waals surface area contributed by atoms with Crippen molar-refractivity contribution in [1.82, 2.24) is 0 Å². The fourth-order valence-corrected chi connectivity index (χ4v) is 2.53. The summed E-state index contributed by atoms with van der Waals surface area (Å²) < 4.78 is 5.11. The van der Waals surface area contributed by atoms with Crippen molar-refractivity contribution in [3.05, 3.63) is 58.1 Å². The van der Waals surface area contributed by atoms with Crippen molar-refractivity contribution < 1.29 is 19.2 Å². The Morgan fingerprint density at radius 1 is 1.26 bits per heavy atom. The number of hydrogen-bond donors (Lipinski definition) is 2. The topological polar surface area (TPSA) is 128 Å². The second kappa shape index (κ2) is 8.65. The number of carbonyl (C=O) groups is 2. The number of nitrogens with zero attached hydrogens (tertiary/aromatic N) is 2. The molecule has 2 amide bonds. The number of anilines is 2. The van der Waals surface area contributed by atoms with Crippen molar-refractivity contribution in [3.8, 4) is 5.75 Å². The highest BCUT2D eigenvalue weighted by molar-refractivity contribution is 5.96. The summed E-state index contributed by atoms with van der Waals surface area (Å²) in [6, 6.07) is 10.8. The monoisotopic (exact) mass is 372 g/mol. The first-order chi connectivity index (χ1) is 12.8. The van der Waals surface area contributed by atoms with Crippen LogP contribution in [0.25, 0.3) is 0 Å². The van der Waals surface area contributed by atoms with Gasteiger partial charge < -0.3 is 20.7 Å². The number of nitrogens with two attached hydrogens (primary N) is 1. The molecule has 2 rings (SSSR count). The SMILES string of the molecule is CCN(CC(=O)Nc1cccc(OC)c1)c1ccc(C(N)=O)cc1[N+](=O)[O-]. The highest BCUT2D eigenvalue weighted by atomic mass is 16.6. The Morgan fingerprint density at radius 2 is 2.00 bits per heavy atom. The zero-order valence-electron chi connectivity index (χ0n) is 15.0. The first kappa shape index (κ1) is 19.7. The van der Waals surface area contributed by atoms with E-state index in [1.165, 1.54) is 19.2 Å². The van der Waals surface area contributed by atoms with Crippen molar-refractivity contribution in [2.75, 3.05) is 30.4 Å². The van der Waals surface area contributed by atoms with Gasteiger partial charge in [0.15, 0.2) is 0 Å². The van der Waals surface area contributed by atoms with Crippen LogP contribution >= 0.6 is 0 Å². The average molecular weight is 372 g/mol. The molecular formula is C18H20N4O5. The van der Waals surface area contributed by atoms with Gasteiger partial charge >= 0.3 is 0 Å². The molecule has 0 aliphatic heterocycles. The fourth-order valence-electron chi connectivity index (χ4n) is 2.53. The second-order valence-corrected chi connectivity index (χ2v) is 5.62.